The van der Waals surface area contributed by atoms with E-state index in [2.05, 4.69) is 0 Å². The van der Waals surface area contributed by atoms with Gasteiger partial charge in [0.1, 0.15) is 5.82 Å². The zero-order valence-corrected chi connectivity index (χ0v) is 10.7. The third-order valence-electron chi connectivity index (χ3n) is 4.41. The van der Waals surface area contributed by atoms with Crippen molar-refractivity contribution in [2.24, 2.45) is 11.8 Å². The predicted molar refractivity (Wildman–Crippen MR) is 68.3 cm³/mol. The van der Waals surface area contributed by atoms with Gasteiger partial charge in [-0.1, -0.05) is 12.2 Å². The number of fused-ring (bicyclic) bond motifs is 5. The SMILES string of the molecule is CC12C=CC(O1)C1C(=O)N(c3ccc(F)cc3)C(=O)C12. The highest BCUT2D eigenvalue weighted by molar-refractivity contribution is 6.23. The molecule has 2 fully saturated rings. The molecule has 4 nitrogen and oxygen atoms in total. The Morgan fingerprint density at radius 2 is 1.90 bits per heavy atom. The van der Waals surface area contributed by atoms with Crippen LogP contribution in [0.1, 0.15) is 6.92 Å². The Balaban J connectivity index is 1.77. The van der Waals surface area contributed by atoms with Crippen molar-refractivity contribution in [2.75, 3.05) is 4.90 Å². The monoisotopic (exact) mass is 273 g/mol. The zero-order chi connectivity index (χ0) is 14.1. The highest BCUT2D eigenvalue weighted by Crippen LogP contribution is 2.52. The lowest BCUT2D eigenvalue weighted by Crippen LogP contribution is -2.38. The van der Waals surface area contributed by atoms with Crippen molar-refractivity contribution in [1.29, 1.82) is 0 Å². The summed E-state index contributed by atoms with van der Waals surface area (Å²) in [6.07, 6.45) is 3.38. The van der Waals surface area contributed by atoms with E-state index in [1.54, 1.807) is 0 Å². The fourth-order valence-electron chi connectivity index (χ4n) is 3.50. The van der Waals surface area contributed by atoms with E-state index in [1.807, 2.05) is 19.1 Å². The lowest BCUT2D eigenvalue weighted by molar-refractivity contribution is -0.126. The fraction of sp³-hybridized carbons (Fsp3) is 0.333. The number of hydrogen-bond donors (Lipinski definition) is 0. The molecule has 3 aliphatic rings. The van der Waals surface area contributed by atoms with Crippen molar-refractivity contribution in [3.05, 3.63) is 42.2 Å². The molecule has 102 valence electrons. The summed E-state index contributed by atoms with van der Waals surface area (Å²) in [6.45, 7) is 1.83. The molecule has 4 rings (SSSR count). The van der Waals surface area contributed by atoms with Gasteiger partial charge in [0.15, 0.2) is 0 Å². The molecule has 2 amide bonds. The van der Waals surface area contributed by atoms with Crippen LogP contribution in [0.25, 0.3) is 0 Å². The second-order valence-electron chi connectivity index (χ2n) is 5.62. The Labute approximate surface area is 114 Å². The van der Waals surface area contributed by atoms with Crippen LogP contribution in [0.5, 0.6) is 0 Å². The number of carbonyl (C=O) groups is 2. The first-order valence-electron chi connectivity index (χ1n) is 6.52. The van der Waals surface area contributed by atoms with Crippen LogP contribution in [0.15, 0.2) is 36.4 Å². The smallest absolute Gasteiger partial charge is 0.241 e. The third-order valence-corrected chi connectivity index (χ3v) is 4.41. The number of halogens is 1. The molecule has 0 radical (unpaired) electrons. The van der Waals surface area contributed by atoms with Gasteiger partial charge in [-0.2, -0.15) is 0 Å². The maximum absolute atomic E-state index is 13.0. The first-order chi connectivity index (χ1) is 9.51. The molecule has 20 heavy (non-hydrogen) atoms. The van der Waals surface area contributed by atoms with Crippen LogP contribution in [-0.4, -0.2) is 23.5 Å². The van der Waals surface area contributed by atoms with Crippen LogP contribution in [0.2, 0.25) is 0 Å². The van der Waals surface area contributed by atoms with Crippen molar-refractivity contribution in [2.45, 2.75) is 18.6 Å². The quantitative estimate of drug-likeness (QED) is 0.577. The summed E-state index contributed by atoms with van der Waals surface area (Å²) in [5.41, 5.74) is -0.282. The lowest BCUT2D eigenvalue weighted by Gasteiger charge is -2.24. The Bertz CT molecular complexity index is 654. The maximum Gasteiger partial charge on any atom is 0.241 e. The zero-order valence-electron chi connectivity index (χ0n) is 10.7. The second kappa shape index (κ2) is 3.55. The van der Waals surface area contributed by atoms with Crippen molar-refractivity contribution < 1.29 is 18.7 Å². The Morgan fingerprint density at radius 3 is 2.55 bits per heavy atom. The number of hydrogen-bond acceptors (Lipinski definition) is 3. The van der Waals surface area contributed by atoms with Gasteiger partial charge in [0.25, 0.3) is 0 Å². The van der Waals surface area contributed by atoms with Gasteiger partial charge in [-0.3, -0.25) is 9.59 Å². The van der Waals surface area contributed by atoms with Crippen LogP contribution in [0.3, 0.4) is 0 Å². The van der Waals surface area contributed by atoms with Crippen LogP contribution < -0.4 is 4.90 Å². The maximum atomic E-state index is 13.0. The van der Waals surface area contributed by atoms with Gasteiger partial charge in [-0.25, -0.2) is 9.29 Å². The first-order valence-corrected chi connectivity index (χ1v) is 6.52. The molecule has 0 N–H and O–H groups in total. The molecule has 0 aliphatic carbocycles. The average molecular weight is 273 g/mol. The van der Waals surface area contributed by atoms with E-state index >= 15 is 0 Å². The van der Waals surface area contributed by atoms with Gasteiger partial charge in [0.2, 0.25) is 11.8 Å². The lowest BCUT2D eigenvalue weighted by atomic mass is 9.78. The summed E-state index contributed by atoms with van der Waals surface area (Å²) in [6, 6.07) is 5.39. The van der Waals surface area contributed by atoms with Gasteiger partial charge >= 0.3 is 0 Å². The number of imide groups is 1. The minimum atomic E-state index is -0.698. The van der Waals surface area contributed by atoms with E-state index in [9.17, 15) is 14.0 Å². The Hall–Kier alpha value is -2.01. The van der Waals surface area contributed by atoms with Crippen LogP contribution in [0, 0.1) is 17.7 Å². The summed E-state index contributed by atoms with van der Waals surface area (Å²) >= 11 is 0. The molecule has 0 aromatic heterocycles. The van der Waals surface area contributed by atoms with Crippen molar-refractivity contribution in [1.82, 2.24) is 0 Å². The highest BCUT2D eigenvalue weighted by Gasteiger charge is 2.65. The van der Waals surface area contributed by atoms with Crippen molar-refractivity contribution in [3.8, 4) is 0 Å². The number of benzene rings is 1. The Kier molecular flexibility index (Phi) is 2.09. The molecule has 2 bridgehead atoms. The highest BCUT2D eigenvalue weighted by atomic mass is 19.1. The number of carbonyl (C=O) groups excluding carboxylic acids is 2. The summed E-state index contributed by atoms with van der Waals surface area (Å²) in [5, 5.41) is 0. The third kappa shape index (κ3) is 1.28. The van der Waals surface area contributed by atoms with Gasteiger partial charge in [-0.15, -0.1) is 0 Å². The van der Waals surface area contributed by atoms with Crippen LogP contribution >= 0.6 is 0 Å². The molecule has 0 saturated carbocycles. The van der Waals surface area contributed by atoms with E-state index in [4.69, 9.17) is 4.74 Å². The van der Waals surface area contributed by atoms with Crippen molar-refractivity contribution in [3.63, 3.8) is 0 Å². The number of nitrogens with zero attached hydrogens (tertiary/aromatic N) is 1. The summed E-state index contributed by atoms with van der Waals surface area (Å²) in [5.74, 6) is -1.85. The number of rotatable bonds is 1. The fourth-order valence-corrected chi connectivity index (χ4v) is 3.50. The minimum Gasteiger partial charge on any atom is -0.362 e. The van der Waals surface area contributed by atoms with E-state index in [-0.39, 0.29) is 17.9 Å². The second-order valence-corrected chi connectivity index (χ2v) is 5.62. The molecule has 0 spiro atoms. The largest absolute Gasteiger partial charge is 0.362 e. The topological polar surface area (TPSA) is 46.6 Å². The predicted octanol–water partition coefficient (Wildman–Crippen LogP) is 1.66. The minimum absolute atomic E-state index is 0.260. The van der Waals surface area contributed by atoms with E-state index in [1.165, 1.54) is 24.3 Å². The van der Waals surface area contributed by atoms with Crippen molar-refractivity contribution >= 4 is 17.5 Å². The number of ether oxygens (including phenoxy) is 1. The summed E-state index contributed by atoms with van der Waals surface area (Å²) < 4.78 is 18.7. The number of anilines is 1. The molecule has 3 heterocycles. The molecule has 1 aromatic carbocycles. The summed E-state index contributed by atoms with van der Waals surface area (Å²) in [7, 11) is 0. The van der Waals surface area contributed by atoms with E-state index in [0.717, 1.165) is 4.90 Å². The standard InChI is InChI=1S/C15H12FNO3/c1-15-7-6-10(20-15)11-12(15)14(19)17(13(11)18)9-4-2-8(16)3-5-9/h2-7,10-12H,1H3. The van der Waals surface area contributed by atoms with E-state index in [0.29, 0.717) is 5.69 Å². The molecular weight excluding hydrogens is 261 g/mol. The average Bonchev–Trinajstić information content (AvgIpc) is 3.01. The molecular formula is C15H12FNO3. The molecule has 5 heteroatoms. The summed E-state index contributed by atoms with van der Waals surface area (Å²) in [4.78, 5) is 26.2. The van der Waals surface area contributed by atoms with Crippen LogP contribution in [-0.2, 0) is 14.3 Å². The molecule has 1 aromatic rings. The normalized spacial score (nSPS) is 37.9. The number of amides is 2. The van der Waals surface area contributed by atoms with Gasteiger partial charge in [0.05, 0.1) is 29.2 Å². The first kappa shape index (κ1) is 11.8. The van der Waals surface area contributed by atoms with Crippen LogP contribution in [0.4, 0.5) is 10.1 Å². The van der Waals surface area contributed by atoms with Gasteiger partial charge in [-0.05, 0) is 31.2 Å². The molecule has 3 aliphatic heterocycles. The van der Waals surface area contributed by atoms with Gasteiger partial charge in [0, 0.05) is 0 Å². The molecule has 4 atom stereocenters. The van der Waals surface area contributed by atoms with Gasteiger partial charge < -0.3 is 4.74 Å². The Morgan fingerprint density at radius 1 is 1.20 bits per heavy atom. The molecule has 2 saturated heterocycles. The van der Waals surface area contributed by atoms with E-state index < -0.39 is 23.3 Å². The molecule has 4 unspecified atom stereocenters.